The number of ether oxygens (including phenoxy) is 3. The minimum absolute atomic E-state index is 0.210. The normalized spacial score (nSPS) is 18.5. The summed E-state index contributed by atoms with van der Waals surface area (Å²) in [6.45, 7) is 1.55. The van der Waals surface area contributed by atoms with Gasteiger partial charge in [-0.05, 0) is 25.0 Å². The molecule has 0 unspecified atom stereocenters. The average Bonchev–Trinajstić information content (AvgIpc) is 2.58. The van der Waals surface area contributed by atoms with Gasteiger partial charge in [0.05, 0.1) is 20.3 Å². The van der Waals surface area contributed by atoms with Crippen LogP contribution in [-0.2, 0) is 9.47 Å². The summed E-state index contributed by atoms with van der Waals surface area (Å²) in [6, 6.07) is 7.81. The fourth-order valence-electron chi connectivity index (χ4n) is 1.59. The largest absolute Gasteiger partial charge is 0.497 e. The van der Waals surface area contributed by atoms with E-state index in [1.54, 1.807) is 7.11 Å². The summed E-state index contributed by atoms with van der Waals surface area (Å²) in [4.78, 5) is 0. The molecule has 0 N–H and O–H groups in total. The highest BCUT2D eigenvalue weighted by molar-refractivity contribution is 5.27. The van der Waals surface area contributed by atoms with Crippen molar-refractivity contribution in [2.75, 3.05) is 20.3 Å². The molecule has 0 aromatic heterocycles. The van der Waals surface area contributed by atoms with Crippen LogP contribution in [0.25, 0.3) is 0 Å². The smallest absolute Gasteiger partial charge is 0.183 e. The number of hydrogen-bond donors (Lipinski definition) is 0. The summed E-state index contributed by atoms with van der Waals surface area (Å²) in [5, 5.41) is 0. The Labute approximate surface area is 90.0 Å². The molecule has 0 amide bonds. The van der Waals surface area contributed by atoms with E-state index in [1.165, 1.54) is 0 Å². The monoisotopic (exact) mass is 208 g/mol. The van der Waals surface area contributed by atoms with Gasteiger partial charge in [-0.25, -0.2) is 0 Å². The quantitative estimate of drug-likeness (QED) is 0.747. The van der Waals surface area contributed by atoms with E-state index < -0.39 is 0 Å². The van der Waals surface area contributed by atoms with E-state index in [2.05, 4.69) is 0 Å². The molecule has 1 fully saturated rings. The van der Waals surface area contributed by atoms with E-state index in [9.17, 15) is 0 Å². The molecule has 1 aromatic carbocycles. The van der Waals surface area contributed by atoms with Crippen LogP contribution in [0.3, 0.4) is 0 Å². The van der Waals surface area contributed by atoms with Crippen molar-refractivity contribution in [3.63, 3.8) is 0 Å². The van der Waals surface area contributed by atoms with Crippen LogP contribution in [0.2, 0.25) is 0 Å². The average molecular weight is 208 g/mol. The molecule has 0 bridgehead atoms. The molecule has 0 saturated carbocycles. The van der Waals surface area contributed by atoms with Gasteiger partial charge < -0.3 is 14.2 Å². The van der Waals surface area contributed by atoms with Gasteiger partial charge in [-0.2, -0.15) is 0 Å². The van der Waals surface area contributed by atoms with Crippen molar-refractivity contribution in [2.45, 2.75) is 19.1 Å². The van der Waals surface area contributed by atoms with Crippen LogP contribution in [0, 0.1) is 0 Å². The Hall–Kier alpha value is -1.06. The third-order valence-electron chi connectivity index (χ3n) is 2.47. The Kier molecular flexibility index (Phi) is 3.59. The van der Waals surface area contributed by atoms with Gasteiger partial charge in [-0.1, -0.05) is 12.1 Å². The van der Waals surface area contributed by atoms with Gasteiger partial charge in [0.25, 0.3) is 0 Å². The predicted octanol–water partition coefficient (Wildman–Crippen LogP) is 2.52. The van der Waals surface area contributed by atoms with Crippen LogP contribution in [0.5, 0.6) is 5.75 Å². The third-order valence-corrected chi connectivity index (χ3v) is 2.47. The Morgan fingerprint density at radius 3 is 2.20 bits per heavy atom. The number of benzene rings is 1. The van der Waals surface area contributed by atoms with Crippen molar-refractivity contribution in [3.05, 3.63) is 29.8 Å². The van der Waals surface area contributed by atoms with E-state index in [0.717, 1.165) is 37.4 Å². The molecule has 1 saturated heterocycles. The SMILES string of the molecule is COc1ccc(C2OCCCCO2)cc1. The fourth-order valence-corrected chi connectivity index (χ4v) is 1.59. The molecule has 3 nitrogen and oxygen atoms in total. The topological polar surface area (TPSA) is 27.7 Å². The maximum atomic E-state index is 5.60. The third kappa shape index (κ3) is 2.70. The highest BCUT2D eigenvalue weighted by atomic mass is 16.7. The van der Waals surface area contributed by atoms with E-state index in [0.29, 0.717) is 0 Å². The van der Waals surface area contributed by atoms with Crippen molar-refractivity contribution >= 4 is 0 Å². The van der Waals surface area contributed by atoms with E-state index >= 15 is 0 Å². The second-order valence-corrected chi connectivity index (χ2v) is 3.55. The van der Waals surface area contributed by atoms with Gasteiger partial charge in [0, 0.05) is 5.56 Å². The van der Waals surface area contributed by atoms with Gasteiger partial charge in [0.1, 0.15) is 5.75 Å². The molecule has 0 spiro atoms. The van der Waals surface area contributed by atoms with Crippen molar-refractivity contribution in [1.82, 2.24) is 0 Å². The summed E-state index contributed by atoms with van der Waals surface area (Å²) < 4.78 is 16.3. The number of rotatable bonds is 2. The highest BCUT2D eigenvalue weighted by Crippen LogP contribution is 2.24. The zero-order chi connectivity index (χ0) is 10.5. The first-order valence-corrected chi connectivity index (χ1v) is 5.27. The molecule has 1 aliphatic heterocycles. The van der Waals surface area contributed by atoms with Crippen LogP contribution >= 0.6 is 0 Å². The summed E-state index contributed by atoms with van der Waals surface area (Å²) in [5.41, 5.74) is 1.05. The van der Waals surface area contributed by atoms with Crippen molar-refractivity contribution < 1.29 is 14.2 Å². The van der Waals surface area contributed by atoms with Gasteiger partial charge in [0.15, 0.2) is 6.29 Å². The Balaban J connectivity index is 2.06. The number of methoxy groups -OCH3 is 1. The highest BCUT2D eigenvalue weighted by Gasteiger charge is 2.14. The molecule has 3 heteroatoms. The Morgan fingerprint density at radius 2 is 1.67 bits per heavy atom. The zero-order valence-corrected chi connectivity index (χ0v) is 8.94. The lowest BCUT2D eigenvalue weighted by Gasteiger charge is -2.15. The van der Waals surface area contributed by atoms with Crippen LogP contribution in [0.4, 0.5) is 0 Å². The van der Waals surface area contributed by atoms with E-state index in [-0.39, 0.29) is 6.29 Å². The van der Waals surface area contributed by atoms with Gasteiger partial charge in [-0.15, -0.1) is 0 Å². The lowest BCUT2D eigenvalue weighted by Crippen LogP contribution is -2.06. The first-order chi connectivity index (χ1) is 7.40. The lowest BCUT2D eigenvalue weighted by atomic mass is 10.2. The molecular formula is C12H16O3. The van der Waals surface area contributed by atoms with Gasteiger partial charge >= 0.3 is 0 Å². The molecule has 2 rings (SSSR count). The van der Waals surface area contributed by atoms with Crippen molar-refractivity contribution in [1.29, 1.82) is 0 Å². The molecule has 82 valence electrons. The fraction of sp³-hybridized carbons (Fsp3) is 0.500. The first kappa shape index (κ1) is 10.5. The minimum Gasteiger partial charge on any atom is -0.497 e. The standard InChI is InChI=1S/C12H16O3/c1-13-11-6-4-10(5-7-11)12-14-8-2-3-9-15-12/h4-7,12H,2-3,8-9H2,1H3. The Morgan fingerprint density at radius 1 is 1.07 bits per heavy atom. The van der Waals surface area contributed by atoms with Crippen LogP contribution in [0.1, 0.15) is 24.7 Å². The molecule has 0 aliphatic carbocycles. The molecule has 1 aliphatic rings. The molecule has 1 aromatic rings. The summed E-state index contributed by atoms with van der Waals surface area (Å²) in [6.07, 6.45) is 1.94. The van der Waals surface area contributed by atoms with Crippen molar-refractivity contribution in [2.24, 2.45) is 0 Å². The van der Waals surface area contributed by atoms with Crippen molar-refractivity contribution in [3.8, 4) is 5.75 Å². The van der Waals surface area contributed by atoms with Gasteiger partial charge in [0.2, 0.25) is 0 Å². The zero-order valence-electron chi connectivity index (χ0n) is 8.94. The second-order valence-electron chi connectivity index (χ2n) is 3.55. The van der Waals surface area contributed by atoms with Crippen LogP contribution in [-0.4, -0.2) is 20.3 Å². The molecule has 0 atom stereocenters. The maximum absolute atomic E-state index is 5.60. The lowest BCUT2D eigenvalue weighted by molar-refractivity contribution is -0.130. The molecular weight excluding hydrogens is 192 g/mol. The van der Waals surface area contributed by atoms with E-state index in [4.69, 9.17) is 14.2 Å². The minimum atomic E-state index is -0.210. The molecule has 15 heavy (non-hydrogen) atoms. The first-order valence-electron chi connectivity index (χ1n) is 5.27. The maximum Gasteiger partial charge on any atom is 0.183 e. The Bertz CT molecular complexity index is 286. The summed E-state index contributed by atoms with van der Waals surface area (Å²) in [7, 11) is 1.66. The second kappa shape index (κ2) is 5.14. The van der Waals surface area contributed by atoms with Crippen LogP contribution in [0.15, 0.2) is 24.3 Å². The summed E-state index contributed by atoms with van der Waals surface area (Å²) in [5.74, 6) is 0.854. The summed E-state index contributed by atoms with van der Waals surface area (Å²) >= 11 is 0. The van der Waals surface area contributed by atoms with Crippen LogP contribution < -0.4 is 4.74 Å². The predicted molar refractivity (Wildman–Crippen MR) is 56.9 cm³/mol. The number of hydrogen-bond acceptors (Lipinski definition) is 3. The molecule has 1 heterocycles. The van der Waals surface area contributed by atoms with E-state index in [1.807, 2.05) is 24.3 Å². The molecule has 0 radical (unpaired) electrons. The van der Waals surface area contributed by atoms with Gasteiger partial charge in [-0.3, -0.25) is 0 Å².